The summed E-state index contributed by atoms with van der Waals surface area (Å²) in [6.07, 6.45) is 3.04. The van der Waals surface area contributed by atoms with Crippen LogP contribution in [0.1, 0.15) is 5.56 Å². The van der Waals surface area contributed by atoms with Crippen LogP contribution in [0.2, 0.25) is 0 Å². The Morgan fingerprint density at radius 2 is 2.15 bits per heavy atom. The lowest BCUT2D eigenvalue weighted by Gasteiger charge is -2.17. The maximum Gasteiger partial charge on any atom is 0.149 e. The summed E-state index contributed by atoms with van der Waals surface area (Å²) in [6.45, 7) is 2.66. The van der Waals surface area contributed by atoms with Gasteiger partial charge in [-0.05, 0) is 11.6 Å². The van der Waals surface area contributed by atoms with E-state index in [1.54, 1.807) is 13.3 Å². The van der Waals surface area contributed by atoms with Gasteiger partial charge < -0.3 is 15.0 Å². The number of nitrogens with one attached hydrogen (secondary N) is 1. The zero-order valence-corrected chi connectivity index (χ0v) is 13.1. The number of nitrogens with zero attached hydrogens (tertiary/aromatic N) is 2. The first-order valence-electron chi connectivity index (χ1n) is 6.46. The molecule has 114 valence electrons. The van der Waals surface area contributed by atoms with Crippen LogP contribution in [0.3, 0.4) is 0 Å². The molecule has 7 heteroatoms. The second kappa shape index (κ2) is 8.18. The van der Waals surface area contributed by atoms with Crippen molar-refractivity contribution in [2.45, 2.75) is 6.54 Å². The zero-order chi connectivity index (χ0) is 15.0. The Morgan fingerprint density at radius 1 is 1.40 bits per heavy atom. The lowest BCUT2D eigenvalue weighted by atomic mass is 10.3. The number of ether oxygens (including phenoxy) is 1. The van der Waals surface area contributed by atoms with Gasteiger partial charge in [-0.3, -0.25) is 0 Å². The second-order valence-corrected chi connectivity index (χ2v) is 7.01. The molecule has 0 saturated carbocycles. The highest BCUT2D eigenvalue weighted by atomic mass is 32.2. The first-order valence-corrected chi connectivity index (χ1v) is 8.52. The van der Waals surface area contributed by atoms with Gasteiger partial charge in [-0.25, -0.2) is 13.4 Å². The zero-order valence-electron chi connectivity index (χ0n) is 12.3. The third-order valence-electron chi connectivity index (χ3n) is 2.81. The van der Waals surface area contributed by atoms with Gasteiger partial charge in [0.25, 0.3) is 0 Å². The van der Waals surface area contributed by atoms with Crippen molar-refractivity contribution in [2.75, 3.05) is 50.8 Å². The van der Waals surface area contributed by atoms with E-state index < -0.39 is 9.84 Å². The van der Waals surface area contributed by atoms with E-state index in [0.29, 0.717) is 13.2 Å². The normalized spacial score (nSPS) is 11.6. The van der Waals surface area contributed by atoms with E-state index in [4.69, 9.17) is 4.74 Å². The number of pyridine rings is 1. The van der Waals surface area contributed by atoms with Crippen LogP contribution in [-0.2, 0) is 21.1 Å². The second-order valence-electron chi connectivity index (χ2n) is 4.75. The van der Waals surface area contributed by atoms with Crippen LogP contribution >= 0.6 is 0 Å². The van der Waals surface area contributed by atoms with Gasteiger partial charge in [0.05, 0.1) is 12.4 Å². The summed E-state index contributed by atoms with van der Waals surface area (Å²) >= 11 is 0. The minimum absolute atomic E-state index is 0.130. The Hall–Kier alpha value is -1.18. The quantitative estimate of drug-likeness (QED) is 0.661. The molecule has 1 aromatic rings. The fraction of sp³-hybridized carbons (Fsp3) is 0.615. The smallest absolute Gasteiger partial charge is 0.149 e. The van der Waals surface area contributed by atoms with Crippen LogP contribution in [0.15, 0.2) is 18.3 Å². The Labute approximate surface area is 121 Å². The van der Waals surface area contributed by atoms with E-state index >= 15 is 0 Å². The van der Waals surface area contributed by atoms with Crippen molar-refractivity contribution in [1.82, 2.24) is 10.3 Å². The van der Waals surface area contributed by atoms with Gasteiger partial charge in [0.1, 0.15) is 15.7 Å². The molecule has 1 aromatic heterocycles. The summed E-state index contributed by atoms with van der Waals surface area (Å²) in [5.41, 5.74) is 1.08. The number of hydrogen-bond donors (Lipinski definition) is 1. The largest absolute Gasteiger partial charge is 0.383 e. The molecule has 1 rings (SSSR count). The monoisotopic (exact) mass is 301 g/mol. The molecule has 0 unspecified atom stereocenters. The molecule has 0 aliphatic heterocycles. The van der Waals surface area contributed by atoms with E-state index in [1.807, 2.05) is 24.1 Å². The highest BCUT2D eigenvalue weighted by Gasteiger charge is 2.07. The lowest BCUT2D eigenvalue weighted by molar-refractivity contribution is 0.199. The third-order valence-corrected chi connectivity index (χ3v) is 3.73. The number of hydrogen-bond acceptors (Lipinski definition) is 6. The average Bonchev–Trinajstić information content (AvgIpc) is 2.41. The number of rotatable bonds is 9. The van der Waals surface area contributed by atoms with Gasteiger partial charge >= 0.3 is 0 Å². The fourth-order valence-corrected chi connectivity index (χ4v) is 2.18. The van der Waals surface area contributed by atoms with Crippen LogP contribution < -0.4 is 10.2 Å². The number of anilines is 1. The average molecular weight is 301 g/mol. The Balaban J connectivity index is 2.44. The van der Waals surface area contributed by atoms with Crippen molar-refractivity contribution in [3.05, 3.63) is 23.9 Å². The summed E-state index contributed by atoms with van der Waals surface area (Å²) in [6, 6.07) is 3.88. The summed E-state index contributed by atoms with van der Waals surface area (Å²) in [5.74, 6) is 0.903. The maximum atomic E-state index is 11.1. The number of aromatic nitrogens is 1. The minimum Gasteiger partial charge on any atom is -0.383 e. The molecule has 0 amide bonds. The molecule has 0 atom stereocenters. The molecule has 0 radical (unpaired) electrons. The predicted molar refractivity (Wildman–Crippen MR) is 80.8 cm³/mol. The van der Waals surface area contributed by atoms with Gasteiger partial charge in [-0.15, -0.1) is 0 Å². The molecule has 0 aromatic carbocycles. The first kappa shape index (κ1) is 16.9. The topological polar surface area (TPSA) is 71.5 Å². The Bertz CT molecular complexity index is 488. The lowest BCUT2D eigenvalue weighted by Crippen LogP contribution is -2.25. The van der Waals surface area contributed by atoms with Gasteiger partial charge in [-0.1, -0.05) is 6.07 Å². The molecule has 6 nitrogen and oxygen atoms in total. The van der Waals surface area contributed by atoms with Crippen molar-refractivity contribution in [3.8, 4) is 0 Å². The Kier molecular flexibility index (Phi) is 6.90. The summed E-state index contributed by atoms with van der Waals surface area (Å²) in [4.78, 5) is 6.17. The fourth-order valence-electron chi connectivity index (χ4n) is 1.57. The van der Waals surface area contributed by atoms with E-state index in [2.05, 4.69) is 10.3 Å². The molecule has 0 bridgehead atoms. The van der Waals surface area contributed by atoms with Gasteiger partial charge in [-0.2, -0.15) is 0 Å². The molecule has 1 N–H and O–H groups in total. The molecule has 0 spiro atoms. The van der Waals surface area contributed by atoms with Gasteiger partial charge in [0.2, 0.25) is 0 Å². The maximum absolute atomic E-state index is 11.1. The van der Waals surface area contributed by atoms with Crippen molar-refractivity contribution >= 4 is 15.7 Å². The molecule has 0 saturated heterocycles. The van der Waals surface area contributed by atoms with E-state index in [0.717, 1.165) is 24.5 Å². The van der Waals surface area contributed by atoms with Gasteiger partial charge in [0.15, 0.2) is 0 Å². The van der Waals surface area contributed by atoms with Crippen LogP contribution in [0.5, 0.6) is 0 Å². The van der Waals surface area contributed by atoms with Crippen LogP contribution in [0, 0.1) is 0 Å². The number of methoxy groups -OCH3 is 1. The third kappa shape index (κ3) is 6.83. The van der Waals surface area contributed by atoms with E-state index in [9.17, 15) is 8.42 Å². The SMILES string of the molecule is COCCNCc1ccc(N(C)CCS(C)(=O)=O)nc1. The molecule has 20 heavy (non-hydrogen) atoms. The summed E-state index contributed by atoms with van der Waals surface area (Å²) in [7, 11) is 0.564. The highest BCUT2D eigenvalue weighted by molar-refractivity contribution is 7.90. The van der Waals surface area contributed by atoms with Crippen molar-refractivity contribution in [3.63, 3.8) is 0 Å². The van der Waals surface area contributed by atoms with Crippen LogP contribution in [0.25, 0.3) is 0 Å². The molecular formula is C13H23N3O3S. The van der Waals surface area contributed by atoms with Crippen molar-refractivity contribution in [1.29, 1.82) is 0 Å². The Morgan fingerprint density at radius 3 is 2.70 bits per heavy atom. The summed E-state index contributed by atoms with van der Waals surface area (Å²) in [5, 5.41) is 3.24. The van der Waals surface area contributed by atoms with Crippen LogP contribution in [-0.4, -0.2) is 59.3 Å². The van der Waals surface area contributed by atoms with Crippen LogP contribution in [0.4, 0.5) is 5.82 Å². The van der Waals surface area contributed by atoms with Crippen molar-refractivity contribution in [2.24, 2.45) is 0 Å². The van der Waals surface area contributed by atoms with Crippen molar-refractivity contribution < 1.29 is 13.2 Å². The van der Waals surface area contributed by atoms with Gasteiger partial charge in [0, 0.05) is 46.2 Å². The minimum atomic E-state index is -2.94. The number of sulfone groups is 1. The predicted octanol–water partition coefficient (Wildman–Crippen LogP) is 0.298. The molecule has 0 fully saturated rings. The highest BCUT2D eigenvalue weighted by Crippen LogP contribution is 2.09. The standard InChI is InChI=1S/C13H23N3O3S/c1-16(7-9-20(3,17)18)13-5-4-12(11-15-13)10-14-6-8-19-2/h4-5,11,14H,6-10H2,1-3H3. The van der Waals surface area contributed by atoms with E-state index in [-0.39, 0.29) is 5.75 Å². The van der Waals surface area contributed by atoms with E-state index in [1.165, 1.54) is 6.26 Å². The summed E-state index contributed by atoms with van der Waals surface area (Å²) < 4.78 is 27.2. The molecule has 1 heterocycles. The molecule has 0 aliphatic rings. The molecular weight excluding hydrogens is 278 g/mol. The first-order chi connectivity index (χ1) is 9.42. The molecule has 0 aliphatic carbocycles.